The summed E-state index contributed by atoms with van der Waals surface area (Å²) in [6.45, 7) is 2.48. The Morgan fingerprint density at radius 1 is 1.38 bits per heavy atom. The maximum Gasteiger partial charge on any atom is 0.408 e. The van der Waals surface area contributed by atoms with Gasteiger partial charge in [0, 0.05) is 5.75 Å². The molecule has 1 aliphatic rings. The van der Waals surface area contributed by atoms with Gasteiger partial charge in [0.2, 0.25) is 5.91 Å². The van der Waals surface area contributed by atoms with E-state index in [0.29, 0.717) is 11.7 Å². The molecular formula is C14H17N3O3S. The smallest absolute Gasteiger partial charge is 0.408 e. The summed E-state index contributed by atoms with van der Waals surface area (Å²) in [6, 6.07) is 8.66. The molecule has 2 amide bonds. The summed E-state index contributed by atoms with van der Waals surface area (Å²) in [4.78, 5) is 27.6. The van der Waals surface area contributed by atoms with E-state index in [1.807, 2.05) is 30.3 Å². The number of nitrogens with one attached hydrogen (secondary N) is 2. The summed E-state index contributed by atoms with van der Waals surface area (Å²) in [6.07, 6.45) is -0.623. The van der Waals surface area contributed by atoms with Crippen LogP contribution >= 0.6 is 11.8 Å². The number of rotatable bonds is 4. The SMILES string of the molecule is C[C@H](NC(=O)OCc1ccccc1)C(=O)NC1=NCCS1. The summed E-state index contributed by atoms with van der Waals surface area (Å²) in [7, 11) is 0. The van der Waals surface area contributed by atoms with Crippen molar-refractivity contribution < 1.29 is 14.3 Å². The average Bonchev–Trinajstić information content (AvgIpc) is 2.99. The molecule has 7 heteroatoms. The number of benzene rings is 1. The van der Waals surface area contributed by atoms with Crippen molar-refractivity contribution >= 4 is 28.9 Å². The highest BCUT2D eigenvalue weighted by atomic mass is 32.2. The molecule has 0 saturated carbocycles. The van der Waals surface area contributed by atoms with Crippen molar-refractivity contribution in [2.75, 3.05) is 12.3 Å². The van der Waals surface area contributed by atoms with Gasteiger partial charge in [-0.15, -0.1) is 0 Å². The number of carbonyl (C=O) groups is 2. The van der Waals surface area contributed by atoms with Crippen LogP contribution in [0.15, 0.2) is 35.3 Å². The average molecular weight is 307 g/mol. The molecule has 2 N–H and O–H groups in total. The second kappa shape index (κ2) is 7.68. The molecule has 1 heterocycles. The molecule has 0 aliphatic carbocycles. The van der Waals surface area contributed by atoms with Crippen LogP contribution in [0.5, 0.6) is 0 Å². The highest BCUT2D eigenvalue weighted by molar-refractivity contribution is 8.14. The van der Waals surface area contributed by atoms with E-state index in [4.69, 9.17) is 4.74 Å². The van der Waals surface area contributed by atoms with Gasteiger partial charge in [0.15, 0.2) is 5.17 Å². The van der Waals surface area contributed by atoms with Crippen LogP contribution in [0.3, 0.4) is 0 Å². The Labute approximate surface area is 127 Å². The lowest BCUT2D eigenvalue weighted by Gasteiger charge is -2.13. The van der Waals surface area contributed by atoms with Crippen LogP contribution in [0.4, 0.5) is 4.79 Å². The standard InChI is InChI=1S/C14H17N3O3S/c1-10(12(18)17-13-15-7-8-21-13)16-14(19)20-9-11-5-3-2-4-6-11/h2-6,10H,7-9H2,1H3,(H,16,19)(H,15,17,18)/t10-/m0/s1. The van der Waals surface area contributed by atoms with Crippen LogP contribution in [-0.4, -0.2) is 35.5 Å². The van der Waals surface area contributed by atoms with Crippen molar-refractivity contribution in [1.82, 2.24) is 10.6 Å². The molecule has 0 saturated heterocycles. The Morgan fingerprint density at radius 2 is 2.14 bits per heavy atom. The van der Waals surface area contributed by atoms with Crippen LogP contribution in [0, 0.1) is 0 Å². The second-order valence-corrected chi connectivity index (χ2v) is 5.54. The molecule has 0 fully saturated rings. The van der Waals surface area contributed by atoms with E-state index in [9.17, 15) is 9.59 Å². The molecule has 0 spiro atoms. The third-order valence-electron chi connectivity index (χ3n) is 2.76. The summed E-state index contributed by atoms with van der Waals surface area (Å²) in [5, 5.41) is 5.75. The van der Waals surface area contributed by atoms with Crippen LogP contribution in [0.25, 0.3) is 0 Å². The Kier molecular flexibility index (Phi) is 5.62. The van der Waals surface area contributed by atoms with E-state index in [0.717, 1.165) is 11.3 Å². The first kappa shape index (κ1) is 15.4. The highest BCUT2D eigenvalue weighted by Crippen LogP contribution is 2.08. The van der Waals surface area contributed by atoms with Gasteiger partial charge in [0.25, 0.3) is 0 Å². The van der Waals surface area contributed by atoms with Crippen molar-refractivity contribution in [1.29, 1.82) is 0 Å². The summed E-state index contributed by atoms with van der Waals surface area (Å²) in [5.41, 5.74) is 0.890. The van der Waals surface area contributed by atoms with Gasteiger partial charge in [-0.2, -0.15) is 0 Å². The lowest BCUT2D eigenvalue weighted by molar-refractivity contribution is -0.121. The number of ether oxygens (including phenoxy) is 1. The molecule has 21 heavy (non-hydrogen) atoms. The van der Waals surface area contributed by atoms with E-state index in [1.54, 1.807) is 6.92 Å². The van der Waals surface area contributed by atoms with Gasteiger partial charge in [-0.3, -0.25) is 9.79 Å². The van der Waals surface area contributed by atoms with Crippen LogP contribution in [-0.2, 0) is 16.1 Å². The summed E-state index contributed by atoms with van der Waals surface area (Å²) in [5.74, 6) is 0.566. The third kappa shape index (κ3) is 5.11. The molecule has 1 atom stereocenters. The lowest BCUT2D eigenvalue weighted by atomic mass is 10.2. The van der Waals surface area contributed by atoms with Crippen LogP contribution < -0.4 is 10.6 Å². The molecule has 112 valence electrons. The number of hydrogen-bond acceptors (Lipinski definition) is 5. The monoisotopic (exact) mass is 307 g/mol. The summed E-state index contributed by atoms with van der Waals surface area (Å²) >= 11 is 1.49. The predicted octanol–water partition coefficient (Wildman–Crippen LogP) is 1.52. The maximum absolute atomic E-state index is 11.8. The Bertz CT molecular complexity index is 534. The largest absolute Gasteiger partial charge is 0.445 e. The molecule has 0 radical (unpaired) electrons. The van der Waals surface area contributed by atoms with Gasteiger partial charge in [-0.05, 0) is 12.5 Å². The number of hydrogen-bond donors (Lipinski definition) is 2. The van der Waals surface area contributed by atoms with Crippen molar-refractivity contribution in [2.24, 2.45) is 4.99 Å². The minimum absolute atomic E-state index is 0.170. The fourth-order valence-electron chi connectivity index (χ4n) is 1.63. The first-order chi connectivity index (χ1) is 10.1. The van der Waals surface area contributed by atoms with E-state index < -0.39 is 12.1 Å². The van der Waals surface area contributed by atoms with Crippen LogP contribution in [0.1, 0.15) is 12.5 Å². The number of amidine groups is 1. The zero-order valence-corrected chi connectivity index (χ0v) is 12.5. The van der Waals surface area contributed by atoms with E-state index in [2.05, 4.69) is 15.6 Å². The van der Waals surface area contributed by atoms with E-state index in [-0.39, 0.29) is 12.5 Å². The molecule has 0 aromatic heterocycles. The van der Waals surface area contributed by atoms with E-state index in [1.165, 1.54) is 11.8 Å². The predicted molar refractivity (Wildman–Crippen MR) is 82.1 cm³/mol. The molecule has 2 rings (SSSR count). The number of amides is 2. The Balaban J connectivity index is 1.72. The number of thioether (sulfide) groups is 1. The van der Waals surface area contributed by atoms with Crippen molar-refractivity contribution in [3.05, 3.63) is 35.9 Å². The van der Waals surface area contributed by atoms with Gasteiger partial charge in [0.05, 0.1) is 6.54 Å². The van der Waals surface area contributed by atoms with Gasteiger partial charge in [-0.25, -0.2) is 4.79 Å². The van der Waals surface area contributed by atoms with Gasteiger partial charge >= 0.3 is 6.09 Å². The number of aliphatic imine (C=N–C) groups is 1. The van der Waals surface area contributed by atoms with Crippen molar-refractivity contribution in [3.63, 3.8) is 0 Å². The minimum Gasteiger partial charge on any atom is -0.445 e. The number of nitrogens with zero attached hydrogens (tertiary/aromatic N) is 1. The zero-order valence-electron chi connectivity index (χ0n) is 11.7. The highest BCUT2D eigenvalue weighted by Gasteiger charge is 2.19. The normalized spacial score (nSPS) is 15.0. The fraction of sp³-hybridized carbons (Fsp3) is 0.357. The lowest BCUT2D eigenvalue weighted by Crippen LogP contribution is -2.46. The first-order valence-corrected chi connectivity index (χ1v) is 7.59. The Hall–Kier alpha value is -2.02. The molecule has 1 aliphatic heterocycles. The number of alkyl carbamates (subject to hydrolysis) is 1. The second-order valence-electron chi connectivity index (χ2n) is 4.45. The maximum atomic E-state index is 11.8. The molecule has 1 aromatic rings. The molecule has 6 nitrogen and oxygen atoms in total. The fourth-order valence-corrected chi connectivity index (χ4v) is 2.36. The number of carbonyl (C=O) groups excluding carboxylic acids is 2. The van der Waals surface area contributed by atoms with Crippen LogP contribution in [0.2, 0.25) is 0 Å². The van der Waals surface area contributed by atoms with E-state index >= 15 is 0 Å². The minimum atomic E-state index is -0.683. The first-order valence-electron chi connectivity index (χ1n) is 6.60. The molecule has 0 unspecified atom stereocenters. The zero-order chi connectivity index (χ0) is 15.1. The summed E-state index contributed by atoms with van der Waals surface area (Å²) < 4.78 is 5.05. The topological polar surface area (TPSA) is 79.8 Å². The van der Waals surface area contributed by atoms with Gasteiger partial charge in [0.1, 0.15) is 12.6 Å². The van der Waals surface area contributed by atoms with Crippen molar-refractivity contribution in [3.8, 4) is 0 Å². The van der Waals surface area contributed by atoms with Gasteiger partial charge < -0.3 is 15.4 Å². The van der Waals surface area contributed by atoms with Crippen molar-refractivity contribution in [2.45, 2.75) is 19.6 Å². The Morgan fingerprint density at radius 3 is 2.81 bits per heavy atom. The molecule has 0 bridgehead atoms. The third-order valence-corrected chi connectivity index (χ3v) is 3.65. The van der Waals surface area contributed by atoms with Gasteiger partial charge in [-0.1, -0.05) is 42.1 Å². The molecular weight excluding hydrogens is 290 g/mol. The molecule has 1 aromatic carbocycles. The quantitative estimate of drug-likeness (QED) is 0.884.